The van der Waals surface area contributed by atoms with E-state index in [1.807, 2.05) is 0 Å². The van der Waals surface area contributed by atoms with E-state index in [0.717, 1.165) is 23.6 Å². The van der Waals surface area contributed by atoms with Gasteiger partial charge in [0.15, 0.2) is 0 Å². The smallest absolute Gasteiger partial charge is 0.416 e. The van der Waals surface area contributed by atoms with Gasteiger partial charge in [-0.05, 0) is 35.4 Å². The minimum Gasteiger partial charge on any atom is -0.489 e. The van der Waals surface area contributed by atoms with Crippen LogP contribution in [0.5, 0.6) is 5.75 Å². The molecule has 0 saturated heterocycles. The Bertz CT molecular complexity index is 714. The van der Waals surface area contributed by atoms with Crippen molar-refractivity contribution in [2.24, 2.45) is 10.9 Å². The number of benzene rings is 2. The van der Waals surface area contributed by atoms with Gasteiger partial charge in [-0.1, -0.05) is 24.3 Å². The normalized spacial score (nSPS) is 11.5. The van der Waals surface area contributed by atoms with Gasteiger partial charge in [-0.25, -0.2) is 5.84 Å². The molecule has 2 rings (SSSR count). The monoisotopic (exact) mass is 336 g/mol. The Morgan fingerprint density at radius 3 is 2.50 bits per heavy atom. The second-order valence-electron chi connectivity index (χ2n) is 4.81. The molecule has 126 valence electrons. The second kappa shape index (κ2) is 7.60. The fourth-order valence-corrected chi connectivity index (χ4v) is 1.81. The van der Waals surface area contributed by atoms with Crippen molar-refractivity contribution in [1.29, 1.82) is 5.41 Å². The maximum absolute atomic E-state index is 12.5. The molecule has 8 heteroatoms. The fraction of sp³-hybridized carbons (Fsp3) is 0.125. The number of ether oxygens (including phenoxy) is 1. The molecule has 0 aliphatic carbocycles. The van der Waals surface area contributed by atoms with Gasteiger partial charge in [0.2, 0.25) is 0 Å². The van der Waals surface area contributed by atoms with Crippen LogP contribution in [-0.4, -0.2) is 17.7 Å². The van der Waals surface area contributed by atoms with Crippen molar-refractivity contribution < 1.29 is 17.9 Å². The number of hydrazine groups is 1. The second-order valence-corrected chi connectivity index (χ2v) is 4.81. The first-order chi connectivity index (χ1) is 11.4. The van der Waals surface area contributed by atoms with Crippen molar-refractivity contribution in [2.75, 3.05) is 0 Å². The summed E-state index contributed by atoms with van der Waals surface area (Å²) in [4.78, 5) is 0. The van der Waals surface area contributed by atoms with E-state index in [2.05, 4.69) is 5.10 Å². The maximum atomic E-state index is 12.5. The summed E-state index contributed by atoms with van der Waals surface area (Å²) in [6.07, 6.45) is -2.04. The number of alkyl halides is 3. The van der Waals surface area contributed by atoms with Gasteiger partial charge in [-0.2, -0.15) is 23.4 Å². The molecule has 0 aliphatic rings. The predicted octanol–water partition coefficient (Wildman–Crippen LogP) is 3.40. The highest BCUT2D eigenvalue weighted by Crippen LogP contribution is 2.29. The SMILES string of the molecule is N=CN(N)N=Cc1cccc(OCc2ccc(C(F)(F)F)cc2)c1. The molecule has 3 N–H and O–H groups in total. The van der Waals surface area contributed by atoms with Crippen LogP contribution in [0.1, 0.15) is 16.7 Å². The Hall–Kier alpha value is -2.87. The fourth-order valence-electron chi connectivity index (χ4n) is 1.81. The Morgan fingerprint density at radius 1 is 1.17 bits per heavy atom. The van der Waals surface area contributed by atoms with Crippen LogP contribution >= 0.6 is 0 Å². The number of hydrogen-bond donors (Lipinski definition) is 2. The molecule has 0 saturated carbocycles. The van der Waals surface area contributed by atoms with Crippen molar-refractivity contribution in [1.82, 2.24) is 5.12 Å². The average molecular weight is 336 g/mol. The maximum Gasteiger partial charge on any atom is 0.416 e. The van der Waals surface area contributed by atoms with Crippen LogP contribution in [-0.2, 0) is 12.8 Å². The molecule has 0 heterocycles. The van der Waals surface area contributed by atoms with Crippen LogP contribution in [0.4, 0.5) is 13.2 Å². The van der Waals surface area contributed by atoms with Crippen LogP contribution in [0.3, 0.4) is 0 Å². The van der Waals surface area contributed by atoms with E-state index >= 15 is 0 Å². The van der Waals surface area contributed by atoms with Gasteiger partial charge in [-0.15, -0.1) is 0 Å². The van der Waals surface area contributed by atoms with Gasteiger partial charge in [0, 0.05) is 0 Å². The Morgan fingerprint density at radius 2 is 1.88 bits per heavy atom. The molecule has 0 atom stereocenters. The van der Waals surface area contributed by atoms with E-state index < -0.39 is 11.7 Å². The average Bonchev–Trinajstić information content (AvgIpc) is 2.58. The third kappa shape index (κ3) is 5.10. The molecule has 5 nitrogen and oxygen atoms in total. The summed E-state index contributed by atoms with van der Waals surface area (Å²) < 4.78 is 43.1. The number of hydrogen-bond acceptors (Lipinski definition) is 4. The summed E-state index contributed by atoms with van der Waals surface area (Å²) in [5.74, 6) is 5.86. The molecular formula is C16H15F3N4O. The van der Waals surface area contributed by atoms with Crippen molar-refractivity contribution in [2.45, 2.75) is 12.8 Å². The molecule has 0 amide bonds. The first-order valence-corrected chi connectivity index (χ1v) is 6.86. The minimum atomic E-state index is -4.35. The highest BCUT2D eigenvalue weighted by atomic mass is 19.4. The lowest BCUT2D eigenvalue weighted by atomic mass is 10.1. The summed E-state index contributed by atoms with van der Waals surface area (Å²) in [5.41, 5.74) is 0.637. The lowest BCUT2D eigenvalue weighted by molar-refractivity contribution is -0.137. The Balaban J connectivity index is 1.99. The Labute approximate surface area is 136 Å². The van der Waals surface area contributed by atoms with Crippen molar-refractivity contribution >= 4 is 12.6 Å². The van der Waals surface area contributed by atoms with Gasteiger partial charge >= 0.3 is 6.18 Å². The zero-order chi connectivity index (χ0) is 17.6. The van der Waals surface area contributed by atoms with E-state index in [0.29, 0.717) is 16.9 Å². The van der Waals surface area contributed by atoms with Crippen LogP contribution in [0.15, 0.2) is 53.6 Å². The number of rotatable bonds is 6. The molecule has 0 fully saturated rings. The highest BCUT2D eigenvalue weighted by molar-refractivity contribution is 5.80. The molecule has 2 aromatic rings. The summed E-state index contributed by atoms with van der Waals surface area (Å²) in [7, 11) is 0. The third-order valence-corrected chi connectivity index (χ3v) is 3.02. The van der Waals surface area contributed by atoms with E-state index in [-0.39, 0.29) is 6.61 Å². The van der Waals surface area contributed by atoms with E-state index in [9.17, 15) is 13.2 Å². The summed E-state index contributed by atoms with van der Waals surface area (Å²) >= 11 is 0. The standard InChI is InChI=1S/C16H15F3N4O/c17-16(18,19)14-6-4-12(5-7-14)10-24-15-3-1-2-13(8-15)9-22-23(21)11-20/h1-9,11,20H,10,21H2. The van der Waals surface area contributed by atoms with E-state index in [1.165, 1.54) is 18.3 Å². The van der Waals surface area contributed by atoms with Gasteiger partial charge in [0.25, 0.3) is 0 Å². The molecule has 0 spiro atoms. The van der Waals surface area contributed by atoms with Crippen LogP contribution < -0.4 is 10.6 Å². The van der Waals surface area contributed by atoms with Gasteiger partial charge in [0.1, 0.15) is 18.7 Å². The van der Waals surface area contributed by atoms with E-state index in [4.69, 9.17) is 16.0 Å². The van der Waals surface area contributed by atoms with Crippen LogP contribution in [0, 0.1) is 5.41 Å². The number of nitrogens with one attached hydrogen (secondary N) is 1. The first kappa shape index (κ1) is 17.5. The van der Waals surface area contributed by atoms with Crippen LogP contribution in [0.25, 0.3) is 0 Å². The highest BCUT2D eigenvalue weighted by Gasteiger charge is 2.29. The first-order valence-electron chi connectivity index (χ1n) is 6.86. The number of hydrazone groups is 1. The molecule has 0 aliphatic heterocycles. The summed E-state index contributed by atoms with van der Waals surface area (Å²) in [5, 5.41) is 11.5. The number of nitrogens with zero attached hydrogens (tertiary/aromatic N) is 2. The third-order valence-electron chi connectivity index (χ3n) is 3.02. The van der Waals surface area contributed by atoms with Crippen molar-refractivity contribution in [3.8, 4) is 5.75 Å². The van der Waals surface area contributed by atoms with Crippen molar-refractivity contribution in [3.63, 3.8) is 0 Å². The van der Waals surface area contributed by atoms with Crippen LogP contribution in [0.2, 0.25) is 0 Å². The zero-order valence-corrected chi connectivity index (χ0v) is 12.5. The molecule has 2 aromatic carbocycles. The van der Waals surface area contributed by atoms with Crippen molar-refractivity contribution in [3.05, 3.63) is 65.2 Å². The molecule has 0 bridgehead atoms. The van der Waals surface area contributed by atoms with Gasteiger partial charge in [0.05, 0.1) is 11.8 Å². The molecule has 0 aromatic heterocycles. The minimum absolute atomic E-state index is 0.141. The molecule has 24 heavy (non-hydrogen) atoms. The largest absolute Gasteiger partial charge is 0.489 e. The van der Waals surface area contributed by atoms with Gasteiger partial charge in [-0.3, -0.25) is 5.41 Å². The lowest BCUT2D eigenvalue weighted by Crippen LogP contribution is -2.22. The predicted molar refractivity (Wildman–Crippen MR) is 84.6 cm³/mol. The summed E-state index contributed by atoms with van der Waals surface area (Å²) in [6, 6.07) is 11.7. The Kier molecular flexibility index (Phi) is 5.54. The molecule has 0 unspecified atom stereocenters. The quantitative estimate of drug-likeness (QED) is 0.367. The van der Waals surface area contributed by atoms with Gasteiger partial charge < -0.3 is 4.74 Å². The van der Waals surface area contributed by atoms with E-state index in [1.54, 1.807) is 24.3 Å². The zero-order valence-electron chi connectivity index (χ0n) is 12.5. The molecular weight excluding hydrogens is 321 g/mol. The number of halogens is 3. The lowest BCUT2D eigenvalue weighted by Gasteiger charge is -2.09. The number of nitrogens with two attached hydrogens (primary N) is 1. The summed E-state index contributed by atoms with van der Waals surface area (Å²) in [6.45, 7) is 0.141. The topological polar surface area (TPSA) is 74.7 Å². The molecule has 0 radical (unpaired) electrons.